The zero-order chi connectivity index (χ0) is 27.0. The van der Waals surface area contributed by atoms with E-state index >= 15 is 0 Å². The zero-order valence-electron chi connectivity index (χ0n) is 21.4. The van der Waals surface area contributed by atoms with Crippen molar-refractivity contribution in [2.24, 2.45) is 0 Å². The molecule has 0 radical (unpaired) electrons. The van der Waals surface area contributed by atoms with Crippen LogP contribution < -0.4 is 9.46 Å². The van der Waals surface area contributed by atoms with Crippen LogP contribution in [0.25, 0.3) is 0 Å². The van der Waals surface area contributed by atoms with Crippen molar-refractivity contribution in [2.45, 2.75) is 37.1 Å². The second kappa shape index (κ2) is 12.5. The summed E-state index contributed by atoms with van der Waals surface area (Å²) in [5.74, 6) is 0.643. The summed E-state index contributed by atoms with van der Waals surface area (Å²) in [7, 11) is 0.665. The van der Waals surface area contributed by atoms with E-state index in [0.29, 0.717) is 24.3 Å². The van der Waals surface area contributed by atoms with Gasteiger partial charge in [-0.25, -0.2) is 8.42 Å². The molecule has 1 unspecified atom stereocenters. The topological polar surface area (TPSA) is 102 Å². The van der Waals surface area contributed by atoms with Crippen LogP contribution in [0.1, 0.15) is 23.1 Å². The van der Waals surface area contributed by atoms with Gasteiger partial charge in [-0.15, -0.1) is 0 Å². The molecule has 0 aliphatic carbocycles. The van der Waals surface area contributed by atoms with Crippen molar-refractivity contribution in [1.82, 2.24) is 9.62 Å². The van der Waals surface area contributed by atoms with E-state index in [-0.39, 0.29) is 23.2 Å². The van der Waals surface area contributed by atoms with E-state index < -0.39 is 16.1 Å². The Bertz CT molecular complexity index is 1300. The summed E-state index contributed by atoms with van der Waals surface area (Å²) in [5, 5.41) is 0. The van der Waals surface area contributed by atoms with E-state index in [1.807, 2.05) is 31.2 Å². The lowest BCUT2D eigenvalue weighted by Gasteiger charge is -2.22. The van der Waals surface area contributed by atoms with Crippen LogP contribution >= 0.6 is 0 Å². The normalized spacial score (nSPS) is 12.0. The third-order valence-electron chi connectivity index (χ3n) is 5.74. The lowest BCUT2D eigenvalue weighted by Crippen LogP contribution is -2.47. The van der Waals surface area contributed by atoms with Crippen LogP contribution in [0.2, 0.25) is 0 Å². The molecule has 0 saturated carbocycles. The first kappa shape index (κ1) is 27.9. The molecule has 0 fully saturated rings. The van der Waals surface area contributed by atoms with Gasteiger partial charge < -0.3 is 14.4 Å². The van der Waals surface area contributed by atoms with Crippen molar-refractivity contribution in [2.75, 3.05) is 21.2 Å². The summed E-state index contributed by atoms with van der Waals surface area (Å²) in [6, 6.07) is 20.1. The highest BCUT2D eigenvalue weighted by Crippen LogP contribution is 2.23. The molecular weight excluding hydrogens is 492 g/mol. The molecule has 1 atom stereocenters. The van der Waals surface area contributed by atoms with Gasteiger partial charge in [0.15, 0.2) is 0 Å². The Balaban J connectivity index is 1.67. The van der Waals surface area contributed by atoms with E-state index in [9.17, 15) is 18.0 Å². The minimum atomic E-state index is -3.89. The van der Waals surface area contributed by atoms with Crippen molar-refractivity contribution in [3.63, 3.8) is 0 Å². The molecule has 9 heteroatoms. The monoisotopic (exact) mass is 524 g/mol. The van der Waals surface area contributed by atoms with Crippen molar-refractivity contribution < 1.29 is 27.5 Å². The van der Waals surface area contributed by atoms with Crippen molar-refractivity contribution in [3.05, 3.63) is 89.5 Å². The minimum Gasteiger partial charge on any atom is -0.469 e. The van der Waals surface area contributed by atoms with Gasteiger partial charge in [0.1, 0.15) is 17.5 Å². The molecule has 0 bridgehead atoms. The molecule has 0 saturated heterocycles. The molecule has 0 aromatic heterocycles. The molecule has 1 amide bonds. The fourth-order valence-corrected chi connectivity index (χ4v) is 4.79. The fraction of sp³-hybridized carbons (Fsp3) is 0.286. The van der Waals surface area contributed by atoms with Gasteiger partial charge in [0.05, 0.1) is 12.0 Å². The number of carbonyl (C=O) groups excluding carboxylic acids is 2. The Morgan fingerprint density at radius 2 is 1.41 bits per heavy atom. The van der Waals surface area contributed by atoms with Gasteiger partial charge in [0, 0.05) is 20.5 Å². The summed E-state index contributed by atoms with van der Waals surface area (Å²) in [6.45, 7) is 1.87. The lowest BCUT2D eigenvalue weighted by atomic mass is 10.1. The van der Waals surface area contributed by atoms with Crippen LogP contribution in [0.5, 0.6) is 11.5 Å². The number of carbonyl (C=O) groups is 2. The molecule has 3 aromatic carbocycles. The van der Waals surface area contributed by atoms with Crippen molar-refractivity contribution in [3.8, 4) is 11.5 Å². The summed E-state index contributed by atoms with van der Waals surface area (Å²) in [6.07, 6.45) is 1.08. The third kappa shape index (κ3) is 8.16. The number of sulfonamides is 1. The Kier molecular flexibility index (Phi) is 9.43. The van der Waals surface area contributed by atoms with Crippen molar-refractivity contribution in [1.29, 1.82) is 0 Å². The number of aryl methyl sites for hydroxylation is 2. The number of hydrogen-bond acceptors (Lipinski definition) is 6. The molecule has 8 nitrogen and oxygen atoms in total. The number of benzene rings is 3. The number of nitrogens with one attached hydrogen (secondary N) is 1. The standard InChI is InChI=1S/C28H32N2O6S/c1-20-5-16-25(17-6-20)37(33,34)29-26(28(32)30(2)3)19-22-9-14-24(15-10-22)36-23-12-7-21(8-13-23)11-18-27(31)35-4/h5-10,12-17,26,29H,11,18-19H2,1-4H3. The average molecular weight is 525 g/mol. The summed E-state index contributed by atoms with van der Waals surface area (Å²) in [4.78, 5) is 25.6. The molecule has 0 heterocycles. The van der Waals surface area contributed by atoms with E-state index in [2.05, 4.69) is 9.46 Å². The van der Waals surface area contributed by atoms with E-state index in [1.165, 1.54) is 24.1 Å². The zero-order valence-corrected chi connectivity index (χ0v) is 22.2. The summed E-state index contributed by atoms with van der Waals surface area (Å²) in [5.41, 5.74) is 2.71. The first-order valence-corrected chi connectivity index (χ1v) is 13.3. The smallest absolute Gasteiger partial charge is 0.305 e. The van der Waals surface area contributed by atoms with Gasteiger partial charge in [-0.2, -0.15) is 4.72 Å². The Morgan fingerprint density at radius 3 is 1.92 bits per heavy atom. The molecule has 1 N–H and O–H groups in total. The second-order valence-corrected chi connectivity index (χ2v) is 10.6. The SMILES string of the molecule is COC(=O)CCc1ccc(Oc2ccc(CC(NS(=O)(=O)c3ccc(C)cc3)C(=O)N(C)C)cc2)cc1. The number of ether oxygens (including phenoxy) is 2. The first-order chi connectivity index (χ1) is 17.6. The minimum absolute atomic E-state index is 0.106. The third-order valence-corrected chi connectivity index (χ3v) is 7.22. The predicted molar refractivity (Wildman–Crippen MR) is 141 cm³/mol. The van der Waals surface area contributed by atoms with E-state index in [4.69, 9.17) is 4.74 Å². The maximum absolute atomic E-state index is 12.9. The Morgan fingerprint density at radius 1 is 0.865 bits per heavy atom. The van der Waals surface area contributed by atoms with Crippen LogP contribution in [0.3, 0.4) is 0 Å². The first-order valence-electron chi connectivity index (χ1n) is 11.8. The van der Waals surface area contributed by atoms with Gasteiger partial charge in [-0.05, 0) is 67.3 Å². The molecular formula is C28H32N2O6S. The van der Waals surface area contributed by atoms with Gasteiger partial charge >= 0.3 is 5.97 Å². The molecule has 3 aromatic rings. The van der Waals surface area contributed by atoms with Crippen LogP contribution in [0, 0.1) is 6.92 Å². The summed E-state index contributed by atoms with van der Waals surface area (Å²) >= 11 is 0. The van der Waals surface area contributed by atoms with Crippen LogP contribution in [0.15, 0.2) is 77.7 Å². The van der Waals surface area contributed by atoms with E-state index in [1.54, 1.807) is 50.5 Å². The second-order valence-electron chi connectivity index (χ2n) is 8.89. The van der Waals surface area contributed by atoms with Gasteiger partial charge in [-0.3, -0.25) is 9.59 Å². The van der Waals surface area contributed by atoms with Crippen LogP contribution in [0.4, 0.5) is 0 Å². The number of amides is 1. The largest absolute Gasteiger partial charge is 0.469 e. The number of methoxy groups -OCH3 is 1. The molecule has 196 valence electrons. The van der Waals surface area contributed by atoms with Gasteiger partial charge in [0.25, 0.3) is 0 Å². The predicted octanol–water partition coefficient (Wildman–Crippen LogP) is 3.87. The van der Waals surface area contributed by atoms with Crippen molar-refractivity contribution >= 4 is 21.9 Å². The Labute approximate surface area is 218 Å². The maximum atomic E-state index is 12.9. The highest BCUT2D eigenvalue weighted by Gasteiger charge is 2.27. The molecule has 0 spiro atoms. The number of likely N-dealkylation sites (N-methyl/N-ethyl adjacent to an activating group) is 1. The molecule has 37 heavy (non-hydrogen) atoms. The quantitative estimate of drug-likeness (QED) is 0.382. The van der Waals surface area contributed by atoms with Gasteiger partial charge in [-0.1, -0.05) is 42.0 Å². The number of rotatable bonds is 11. The molecule has 0 aliphatic rings. The van der Waals surface area contributed by atoms with E-state index in [0.717, 1.165) is 16.7 Å². The highest BCUT2D eigenvalue weighted by atomic mass is 32.2. The Hall–Kier alpha value is -3.69. The molecule has 0 aliphatic heterocycles. The molecule has 3 rings (SSSR count). The fourth-order valence-electron chi connectivity index (χ4n) is 3.60. The number of hydrogen-bond donors (Lipinski definition) is 1. The maximum Gasteiger partial charge on any atom is 0.305 e. The number of esters is 1. The lowest BCUT2D eigenvalue weighted by molar-refractivity contribution is -0.140. The van der Waals surface area contributed by atoms with Gasteiger partial charge in [0.2, 0.25) is 15.9 Å². The summed E-state index contributed by atoms with van der Waals surface area (Å²) < 4.78 is 39.0. The van der Waals surface area contributed by atoms with Crippen LogP contribution in [-0.2, 0) is 37.2 Å². The average Bonchev–Trinajstić information content (AvgIpc) is 2.88. The highest BCUT2D eigenvalue weighted by molar-refractivity contribution is 7.89. The van der Waals surface area contributed by atoms with Crippen LogP contribution in [-0.4, -0.2) is 52.4 Å². The number of nitrogens with zero attached hydrogens (tertiary/aromatic N) is 1.